The summed E-state index contributed by atoms with van der Waals surface area (Å²) in [7, 11) is 0. The van der Waals surface area contributed by atoms with E-state index < -0.39 is 6.10 Å². The smallest absolute Gasteiger partial charge is 0.306 e. The number of unbranched alkanes of at least 4 members (excludes halogenated alkanes) is 23. The Labute approximate surface area is 290 Å². The molecule has 0 saturated carbocycles. The minimum absolute atomic E-state index is 0.0880. The molecule has 6 nitrogen and oxygen atoms in total. The molecule has 47 heavy (non-hydrogen) atoms. The molecule has 0 rings (SSSR count). The molecule has 0 spiro atoms. The average Bonchev–Trinajstić information content (AvgIpc) is 3.06. The van der Waals surface area contributed by atoms with Gasteiger partial charge in [-0.25, -0.2) is 0 Å². The van der Waals surface area contributed by atoms with Gasteiger partial charge in [-0.2, -0.15) is 0 Å². The van der Waals surface area contributed by atoms with Gasteiger partial charge in [0.25, 0.3) is 0 Å². The summed E-state index contributed by atoms with van der Waals surface area (Å²) in [4.78, 5) is 36.7. The molecule has 0 aromatic carbocycles. The van der Waals surface area contributed by atoms with Crippen LogP contribution in [-0.4, -0.2) is 37.2 Å². The topological polar surface area (TPSA) is 78.9 Å². The number of hydrogen-bond donors (Lipinski definition) is 0. The fourth-order valence-corrected chi connectivity index (χ4v) is 5.73. The summed E-state index contributed by atoms with van der Waals surface area (Å²) in [5.74, 6) is -0.993. The molecule has 0 saturated heterocycles. The lowest BCUT2D eigenvalue weighted by Gasteiger charge is -2.18. The number of carbonyl (C=O) groups excluding carboxylic acids is 3. The molecule has 0 bridgehead atoms. The third kappa shape index (κ3) is 35.3. The predicted octanol–water partition coefficient (Wildman–Crippen LogP) is 12.3. The van der Waals surface area contributed by atoms with Gasteiger partial charge in [0.05, 0.1) is 0 Å². The van der Waals surface area contributed by atoms with Crippen molar-refractivity contribution in [2.45, 2.75) is 219 Å². The summed E-state index contributed by atoms with van der Waals surface area (Å²) in [5.41, 5.74) is 0. The van der Waals surface area contributed by atoms with Gasteiger partial charge in [0, 0.05) is 19.3 Å². The normalized spacial score (nSPS) is 12.0. The second kappa shape index (κ2) is 37.0. The standard InChI is InChI=1S/C41H76O6/c1-4-7-9-11-13-15-17-19-20-22-23-25-27-29-31-34-40(43)46-37-38(36-45-39(42)33-6-3)47-41(44)35-32-30-28-26-24-21-18-16-14-12-10-8-5-2/h27,29,38H,4-26,28,30-37H2,1-3H3. The van der Waals surface area contributed by atoms with Crippen molar-refractivity contribution in [3.05, 3.63) is 12.2 Å². The van der Waals surface area contributed by atoms with E-state index in [-0.39, 0.29) is 37.5 Å². The maximum Gasteiger partial charge on any atom is 0.306 e. The van der Waals surface area contributed by atoms with Gasteiger partial charge in [0.15, 0.2) is 6.10 Å². The van der Waals surface area contributed by atoms with Gasteiger partial charge in [-0.1, -0.05) is 174 Å². The van der Waals surface area contributed by atoms with Gasteiger partial charge in [0.1, 0.15) is 13.2 Å². The van der Waals surface area contributed by atoms with Crippen LogP contribution in [0, 0.1) is 0 Å². The Hall–Kier alpha value is -1.85. The third-order valence-electron chi connectivity index (χ3n) is 8.75. The Morgan fingerprint density at radius 3 is 1.23 bits per heavy atom. The van der Waals surface area contributed by atoms with Gasteiger partial charge >= 0.3 is 17.9 Å². The maximum atomic E-state index is 12.5. The predicted molar refractivity (Wildman–Crippen MR) is 196 cm³/mol. The number of rotatable bonds is 36. The van der Waals surface area contributed by atoms with E-state index in [1.54, 1.807) is 0 Å². The van der Waals surface area contributed by atoms with Crippen molar-refractivity contribution < 1.29 is 28.6 Å². The van der Waals surface area contributed by atoms with Gasteiger partial charge in [-0.15, -0.1) is 0 Å². The quantitative estimate of drug-likeness (QED) is 0.0287. The minimum atomic E-state index is -0.772. The van der Waals surface area contributed by atoms with Crippen LogP contribution in [0.5, 0.6) is 0 Å². The monoisotopic (exact) mass is 665 g/mol. The van der Waals surface area contributed by atoms with Crippen molar-refractivity contribution in [3.8, 4) is 0 Å². The summed E-state index contributed by atoms with van der Waals surface area (Å²) in [6.07, 6.45) is 37.7. The Balaban J connectivity index is 4.03. The summed E-state index contributed by atoms with van der Waals surface area (Å²) >= 11 is 0. The lowest BCUT2D eigenvalue weighted by Crippen LogP contribution is -2.30. The lowest BCUT2D eigenvalue weighted by atomic mass is 10.0. The highest BCUT2D eigenvalue weighted by Gasteiger charge is 2.19. The molecule has 1 unspecified atom stereocenters. The van der Waals surface area contributed by atoms with Crippen LogP contribution in [0.1, 0.15) is 213 Å². The van der Waals surface area contributed by atoms with Crippen molar-refractivity contribution in [3.63, 3.8) is 0 Å². The first kappa shape index (κ1) is 45.2. The molecule has 0 radical (unpaired) electrons. The summed E-state index contributed by atoms with van der Waals surface area (Å²) in [5, 5.41) is 0. The molecule has 0 aliphatic carbocycles. The van der Waals surface area contributed by atoms with E-state index in [0.717, 1.165) is 25.7 Å². The van der Waals surface area contributed by atoms with Gasteiger partial charge in [0.2, 0.25) is 0 Å². The lowest BCUT2D eigenvalue weighted by molar-refractivity contribution is -0.166. The van der Waals surface area contributed by atoms with E-state index in [1.807, 2.05) is 6.92 Å². The van der Waals surface area contributed by atoms with E-state index in [4.69, 9.17) is 14.2 Å². The Kier molecular flexibility index (Phi) is 35.5. The van der Waals surface area contributed by atoms with Crippen LogP contribution in [0.2, 0.25) is 0 Å². The summed E-state index contributed by atoms with van der Waals surface area (Å²) in [6, 6.07) is 0. The van der Waals surface area contributed by atoms with Crippen LogP contribution < -0.4 is 0 Å². The molecule has 0 amide bonds. The van der Waals surface area contributed by atoms with Crippen LogP contribution in [0.3, 0.4) is 0 Å². The van der Waals surface area contributed by atoms with Crippen molar-refractivity contribution in [1.82, 2.24) is 0 Å². The highest BCUT2D eigenvalue weighted by molar-refractivity contribution is 5.71. The molecule has 0 aliphatic rings. The van der Waals surface area contributed by atoms with E-state index in [0.29, 0.717) is 25.7 Å². The molecular weight excluding hydrogens is 588 g/mol. The molecule has 276 valence electrons. The van der Waals surface area contributed by atoms with E-state index in [2.05, 4.69) is 26.0 Å². The number of esters is 3. The van der Waals surface area contributed by atoms with E-state index in [9.17, 15) is 14.4 Å². The zero-order valence-corrected chi connectivity index (χ0v) is 31.3. The molecule has 0 N–H and O–H groups in total. The summed E-state index contributed by atoms with van der Waals surface area (Å²) < 4.78 is 16.2. The molecule has 1 atom stereocenters. The number of carbonyl (C=O) groups is 3. The fraction of sp³-hybridized carbons (Fsp3) is 0.878. The largest absolute Gasteiger partial charge is 0.462 e. The molecule has 0 aliphatic heterocycles. The van der Waals surface area contributed by atoms with E-state index in [1.165, 1.54) is 135 Å². The van der Waals surface area contributed by atoms with E-state index >= 15 is 0 Å². The third-order valence-corrected chi connectivity index (χ3v) is 8.75. The van der Waals surface area contributed by atoms with Gasteiger partial charge in [-0.3, -0.25) is 14.4 Å². The van der Waals surface area contributed by atoms with Gasteiger partial charge in [-0.05, 0) is 32.1 Å². The van der Waals surface area contributed by atoms with Crippen molar-refractivity contribution in [1.29, 1.82) is 0 Å². The van der Waals surface area contributed by atoms with Gasteiger partial charge < -0.3 is 14.2 Å². The molecule has 0 fully saturated rings. The van der Waals surface area contributed by atoms with Crippen molar-refractivity contribution in [2.75, 3.05) is 13.2 Å². The molecular formula is C41H76O6. The highest BCUT2D eigenvalue weighted by atomic mass is 16.6. The Morgan fingerprint density at radius 2 is 0.787 bits per heavy atom. The van der Waals surface area contributed by atoms with Crippen LogP contribution in [0.25, 0.3) is 0 Å². The zero-order chi connectivity index (χ0) is 34.5. The average molecular weight is 665 g/mol. The molecule has 0 aromatic rings. The SMILES string of the molecule is CCCCCCCCCCCCCC=CCCC(=O)OCC(COC(=O)CCC)OC(=O)CCCCCCCCCCCCCCC. The first-order chi connectivity index (χ1) is 23.0. The Morgan fingerprint density at radius 1 is 0.404 bits per heavy atom. The molecule has 0 heterocycles. The van der Waals surface area contributed by atoms with Crippen LogP contribution in [0.4, 0.5) is 0 Å². The number of ether oxygens (including phenoxy) is 3. The molecule has 6 heteroatoms. The van der Waals surface area contributed by atoms with Crippen LogP contribution in [-0.2, 0) is 28.6 Å². The van der Waals surface area contributed by atoms with Crippen LogP contribution in [0.15, 0.2) is 12.2 Å². The first-order valence-corrected chi connectivity index (χ1v) is 20.2. The fourth-order valence-electron chi connectivity index (χ4n) is 5.73. The van der Waals surface area contributed by atoms with Crippen molar-refractivity contribution in [2.24, 2.45) is 0 Å². The second-order valence-electron chi connectivity index (χ2n) is 13.6. The minimum Gasteiger partial charge on any atom is -0.462 e. The van der Waals surface area contributed by atoms with Crippen LogP contribution >= 0.6 is 0 Å². The number of allylic oxidation sites excluding steroid dienone is 2. The molecule has 0 aromatic heterocycles. The van der Waals surface area contributed by atoms with Crippen molar-refractivity contribution >= 4 is 17.9 Å². The summed E-state index contributed by atoms with van der Waals surface area (Å²) in [6.45, 7) is 6.25. The maximum absolute atomic E-state index is 12.5. The highest BCUT2D eigenvalue weighted by Crippen LogP contribution is 2.14. The first-order valence-electron chi connectivity index (χ1n) is 20.2. The number of hydrogen-bond acceptors (Lipinski definition) is 6. The zero-order valence-electron chi connectivity index (χ0n) is 31.3. The second-order valence-corrected chi connectivity index (χ2v) is 13.6. The Bertz CT molecular complexity index is 733.